The summed E-state index contributed by atoms with van der Waals surface area (Å²) in [6, 6.07) is 12.6. The minimum atomic E-state index is -0.133. The molecule has 0 radical (unpaired) electrons. The van der Waals surface area contributed by atoms with Crippen LogP contribution >= 0.6 is 11.6 Å². The van der Waals surface area contributed by atoms with Crippen molar-refractivity contribution < 1.29 is 14.3 Å². The second kappa shape index (κ2) is 11.8. The Morgan fingerprint density at radius 1 is 0.931 bits per heavy atom. The lowest BCUT2D eigenvalue weighted by molar-refractivity contribution is 0.0954. The molecule has 0 heterocycles. The van der Waals surface area contributed by atoms with E-state index in [1.54, 1.807) is 51.6 Å². The van der Waals surface area contributed by atoms with Crippen LogP contribution in [0.3, 0.4) is 0 Å². The first-order chi connectivity index (χ1) is 14.1. The average molecular weight is 419 g/mol. The van der Waals surface area contributed by atoms with Gasteiger partial charge in [0.2, 0.25) is 0 Å². The summed E-state index contributed by atoms with van der Waals surface area (Å²) in [5, 5.41) is 9.93. The number of ether oxygens (including phenoxy) is 2. The van der Waals surface area contributed by atoms with Gasteiger partial charge in [-0.3, -0.25) is 9.79 Å². The summed E-state index contributed by atoms with van der Waals surface area (Å²) < 4.78 is 10.2. The van der Waals surface area contributed by atoms with Crippen LogP contribution in [0.4, 0.5) is 0 Å². The molecule has 2 rings (SSSR count). The third-order valence-electron chi connectivity index (χ3n) is 4.23. The maximum Gasteiger partial charge on any atom is 0.251 e. The standard InChI is InChI=1S/C21H27ClN4O3/c1-23-21(25-11-10-15-4-9-18(29-3)14-19(15)22)26-13-12-24-20(27)16-5-7-17(28-2)8-6-16/h4-9,14H,10-13H2,1-3H3,(H,24,27)(H2,23,25,26). The lowest BCUT2D eigenvalue weighted by atomic mass is 10.1. The number of halogens is 1. The number of rotatable bonds is 9. The van der Waals surface area contributed by atoms with Gasteiger partial charge in [0.25, 0.3) is 5.91 Å². The molecule has 0 bridgehead atoms. The summed E-state index contributed by atoms with van der Waals surface area (Å²) in [5.41, 5.74) is 1.62. The van der Waals surface area contributed by atoms with Crippen molar-refractivity contribution in [1.29, 1.82) is 0 Å². The summed E-state index contributed by atoms with van der Waals surface area (Å²) >= 11 is 6.26. The van der Waals surface area contributed by atoms with E-state index < -0.39 is 0 Å². The molecule has 0 aliphatic heterocycles. The number of nitrogens with one attached hydrogen (secondary N) is 3. The fourth-order valence-corrected chi connectivity index (χ4v) is 2.86. The first-order valence-electron chi connectivity index (χ1n) is 9.26. The quantitative estimate of drug-likeness (QED) is 0.331. The molecule has 0 spiro atoms. The van der Waals surface area contributed by atoms with Crippen LogP contribution < -0.4 is 25.4 Å². The van der Waals surface area contributed by atoms with E-state index in [-0.39, 0.29) is 5.91 Å². The minimum Gasteiger partial charge on any atom is -0.497 e. The van der Waals surface area contributed by atoms with Crippen LogP contribution in [-0.4, -0.2) is 52.8 Å². The monoisotopic (exact) mass is 418 g/mol. The highest BCUT2D eigenvalue weighted by Crippen LogP contribution is 2.22. The van der Waals surface area contributed by atoms with Crippen LogP contribution in [0.25, 0.3) is 0 Å². The van der Waals surface area contributed by atoms with Crippen LogP contribution in [0.15, 0.2) is 47.5 Å². The topological polar surface area (TPSA) is 84.0 Å². The summed E-state index contributed by atoms with van der Waals surface area (Å²) in [4.78, 5) is 16.3. The van der Waals surface area contributed by atoms with Crippen LogP contribution in [0.1, 0.15) is 15.9 Å². The summed E-state index contributed by atoms with van der Waals surface area (Å²) in [6.07, 6.45) is 0.748. The van der Waals surface area contributed by atoms with E-state index in [0.717, 1.165) is 17.7 Å². The van der Waals surface area contributed by atoms with Gasteiger partial charge in [-0.15, -0.1) is 0 Å². The smallest absolute Gasteiger partial charge is 0.251 e. The molecule has 0 fully saturated rings. The van der Waals surface area contributed by atoms with Gasteiger partial charge in [-0.25, -0.2) is 0 Å². The molecular weight excluding hydrogens is 392 g/mol. The molecule has 0 aliphatic rings. The van der Waals surface area contributed by atoms with E-state index in [2.05, 4.69) is 20.9 Å². The molecule has 156 valence electrons. The van der Waals surface area contributed by atoms with Gasteiger partial charge in [0, 0.05) is 37.3 Å². The van der Waals surface area contributed by atoms with Crippen molar-refractivity contribution in [2.75, 3.05) is 40.9 Å². The highest BCUT2D eigenvalue weighted by Gasteiger charge is 2.06. The Morgan fingerprint density at radius 2 is 1.55 bits per heavy atom. The summed E-state index contributed by atoms with van der Waals surface area (Å²) in [6.45, 7) is 1.69. The fraction of sp³-hybridized carbons (Fsp3) is 0.333. The van der Waals surface area contributed by atoms with E-state index >= 15 is 0 Å². The number of carbonyl (C=O) groups excluding carboxylic acids is 1. The fourth-order valence-electron chi connectivity index (χ4n) is 2.60. The molecule has 2 aromatic rings. The molecule has 8 heteroatoms. The predicted octanol–water partition coefficient (Wildman–Crippen LogP) is 2.49. The van der Waals surface area contributed by atoms with Crippen LogP contribution in [-0.2, 0) is 6.42 Å². The molecule has 29 heavy (non-hydrogen) atoms. The molecule has 2 aromatic carbocycles. The van der Waals surface area contributed by atoms with E-state index in [1.165, 1.54) is 0 Å². The molecule has 0 aliphatic carbocycles. The third kappa shape index (κ3) is 7.19. The Balaban J connectivity index is 1.68. The van der Waals surface area contributed by atoms with Gasteiger partial charge < -0.3 is 25.4 Å². The van der Waals surface area contributed by atoms with E-state index in [4.69, 9.17) is 21.1 Å². The van der Waals surface area contributed by atoms with Gasteiger partial charge in [0.15, 0.2) is 5.96 Å². The van der Waals surface area contributed by atoms with Gasteiger partial charge in [-0.2, -0.15) is 0 Å². The van der Waals surface area contributed by atoms with E-state index in [1.807, 2.05) is 12.1 Å². The zero-order valence-electron chi connectivity index (χ0n) is 16.9. The first kappa shape index (κ1) is 22.4. The molecule has 1 amide bonds. The van der Waals surface area contributed by atoms with Crippen LogP contribution in [0.5, 0.6) is 11.5 Å². The normalized spacial score (nSPS) is 11.0. The summed E-state index contributed by atoms with van der Waals surface area (Å²) in [7, 11) is 4.90. The number of aliphatic imine (C=N–C) groups is 1. The van der Waals surface area contributed by atoms with Crippen molar-refractivity contribution in [3.05, 3.63) is 58.6 Å². The predicted molar refractivity (Wildman–Crippen MR) is 116 cm³/mol. The van der Waals surface area contributed by atoms with Crippen LogP contribution in [0, 0.1) is 0 Å². The van der Waals surface area contributed by atoms with Crippen molar-refractivity contribution in [3.8, 4) is 11.5 Å². The van der Waals surface area contributed by atoms with Crippen molar-refractivity contribution in [3.63, 3.8) is 0 Å². The Labute approximate surface area is 176 Å². The third-order valence-corrected chi connectivity index (χ3v) is 4.58. The number of hydrogen-bond donors (Lipinski definition) is 3. The molecule has 0 saturated carbocycles. The molecule has 3 N–H and O–H groups in total. The Morgan fingerprint density at radius 3 is 2.17 bits per heavy atom. The highest BCUT2D eigenvalue weighted by atomic mass is 35.5. The number of guanidine groups is 1. The largest absolute Gasteiger partial charge is 0.497 e. The molecule has 0 unspecified atom stereocenters. The van der Waals surface area contributed by atoms with Gasteiger partial charge in [0.1, 0.15) is 11.5 Å². The molecular formula is C21H27ClN4O3. The lowest BCUT2D eigenvalue weighted by Gasteiger charge is -2.13. The number of carbonyl (C=O) groups is 1. The number of benzene rings is 2. The van der Waals surface area contributed by atoms with Crippen molar-refractivity contribution in [2.45, 2.75) is 6.42 Å². The Hall–Kier alpha value is -2.93. The van der Waals surface area contributed by atoms with Crippen LogP contribution in [0.2, 0.25) is 5.02 Å². The molecule has 0 aromatic heterocycles. The molecule has 0 saturated heterocycles. The maximum atomic E-state index is 12.1. The van der Waals surface area contributed by atoms with Gasteiger partial charge >= 0.3 is 0 Å². The summed E-state index contributed by atoms with van der Waals surface area (Å²) in [5.74, 6) is 1.98. The number of nitrogens with zero attached hydrogens (tertiary/aromatic N) is 1. The maximum absolute atomic E-state index is 12.1. The highest BCUT2D eigenvalue weighted by molar-refractivity contribution is 6.31. The van der Waals surface area contributed by atoms with Gasteiger partial charge in [-0.1, -0.05) is 17.7 Å². The first-order valence-corrected chi connectivity index (χ1v) is 9.64. The average Bonchev–Trinajstić information content (AvgIpc) is 2.76. The number of amides is 1. The van der Waals surface area contributed by atoms with Crippen molar-refractivity contribution >= 4 is 23.5 Å². The van der Waals surface area contributed by atoms with Crippen molar-refractivity contribution in [2.24, 2.45) is 4.99 Å². The Bertz CT molecular complexity index is 825. The zero-order valence-corrected chi connectivity index (χ0v) is 17.7. The lowest BCUT2D eigenvalue weighted by Crippen LogP contribution is -2.42. The number of methoxy groups -OCH3 is 2. The van der Waals surface area contributed by atoms with Gasteiger partial charge in [-0.05, 0) is 48.4 Å². The Kier molecular flexibility index (Phi) is 9.11. The molecule has 7 nitrogen and oxygen atoms in total. The molecule has 0 atom stereocenters. The second-order valence-corrected chi connectivity index (χ2v) is 6.52. The second-order valence-electron chi connectivity index (χ2n) is 6.12. The SMILES string of the molecule is CN=C(NCCNC(=O)c1ccc(OC)cc1)NCCc1ccc(OC)cc1Cl. The van der Waals surface area contributed by atoms with Crippen molar-refractivity contribution in [1.82, 2.24) is 16.0 Å². The minimum absolute atomic E-state index is 0.133. The zero-order chi connectivity index (χ0) is 21.1. The van der Waals surface area contributed by atoms with E-state index in [9.17, 15) is 4.79 Å². The number of hydrogen-bond acceptors (Lipinski definition) is 4. The van der Waals surface area contributed by atoms with E-state index in [0.29, 0.717) is 41.9 Å². The van der Waals surface area contributed by atoms with Gasteiger partial charge in [0.05, 0.1) is 14.2 Å².